The summed E-state index contributed by atoms with van der Waals surface area (Å²) in [5.74, 6) is 0. The van der Waals surface area contributed by atoms with Crippen molar-refractivity contribution in [2.45, 2.75) is 0 Å². The molecule has 0 fully saturated rings. The first kappa shape index (κ1) is 46.3. The molecule has 0 N–H and O–H groups in total. The van der Waals surface area contributed by atoms with E-state index in [1.165, 1.54) is 81.1 Å². The minimum atomic E-state index is -3.71. The SMILES string of the molecule is c1ccc(-c2cccc(-c3ccc(N(c4ccc(-c5cccc(-c6ccccc6)c5)cc4)c4ccc(-c5cccc(-c6cc[c]([Sn]([c]7ccccc7)([c]7ccccc7)[c]7ccccc7)cc6)c5)cc4)cc3)c2)cc1. The summed E-state index contributed by atoms with van der Waals surface area (Å²) in [5.41, 5.74) is 17.6. The molecule has 12 aromatic carbocycles. The zero-order valence-corrected chi connectivity index (χ0v) is 43.9. The fraction of sp³-hybridized carbons (Fsp3) is 0. The van der Waals surface area contributed by atoms with Crippen LogP contribution in [0.4, 0.5) is 17.1 Å². The second kappa shape index (κ2) is 21.1. The Balaban J connectivity index is 0.868. The third kappa shape index (κ3) is 9.42. The molecule has 0 bridgehead atoms. The quantitative estimate of drug-likeness (QED) is 0.104. The zero-order chi connectivity index (χ0) is 49.5. The number of hydrogen-bond acceptors (Lipinski definition) is 1. The van der Waals surface area contributed by atoms with Crippen molar-refractivity contribution in [3.8, 4) is 66.8 Å². The third-order valence-corrected chi connectivity index (χ3v) is 28.1. The molecule has 0 unspecified atom stereocenters. The van der Waals surface area contributed by atoms with Gasteiger partial charge in [-0.25, -0.2) is 0 Å². The second-order valence-electron chi connectivity index (χ2n) is 18.9. The minimum absolute atomic E-state index is 1.09. The molecule has 0 aromatic heterocycles. The summed E-state index contributed by atoms with van der Waals surface area (Å²) in [6.45, 7) is 0. The van der Waals surface area contributed by atoms with Crippen LogP contribution in [0, 0.1) is 0 Å². The van der Waals surface area contributed by atoms with E-state index >= 15 is 0 Å². The fourth-order valence-electron chi connectivity index (χ4n) is 10.7. The van der Waals surface area contributed by atoms with Gasteiger partial charge < -0.3 is 0 Å². The van der Waals surface area contributed by atoms with Gasteiger partial charge >= 0.3 is 229 Å². The Labute approximate surface area is 439 Å². The van der Waals surface area contributed by atoms with E-state index in [-0.39, 0.29) is 0 Å². The number of hydrogen-bond donors (Lipinski definition) is 0. The van der Waals surface area contributed by atoms with Gasteiger partial charge in [0.2, 0.25) is 0 Å². The molecular weight excluding hydrogens is 998 g/mol. The van der Waals surface area contributed by atoms with Crippen LogP contribution in [-0.4, -0.2) is 18.4 Å². The molecule has 350 valence electrons. The third-order valence-electron chi connectivity index (χ3n) is 14.5. The smallest absolute Gasteiger partial charge is 0.0374 e. The van der Waals surface area contributed by atoms with Gasteiger partial charge in [-0.3, -0.25) is 0 Å². The molecule has 0 spiro atoms. The summed E-state index contributed by atoms with van der Waals surface area (Å²) >= 11 is -3.71. The molecule has 0 heterocycles. The molecule has 74 heavy (non-hydrogen) atoms. The van der Waals surface area contributed by atoms with Crippen molar-refractivity contribution in [2.24, 2.45) is 0 Å². The molecule has 12 rings (SSSR count). The average molecular weight is 1050 g/mol. The number of nitrogens with zero attached hydrogens (tertiary/aromatic N) is 1. The maximum atomic E-state index is 2.41. The van der Waals surface area contributed by atoms with E-state index in [0.29, 0.717) is 0 Å². The van der Waals surface area contributed by atoms with Crippen LogP contribution < -0.4 is 19.2 Å². The standard InChI is InChI=1S/C54H38N.3C6H5.Sn/c1-4-13-40(14-5-1)46-19-10-22-49(37-46)43-25-31-52(32-26-43)55(53-33-27-44(28-34-53)50-23-11-20-47(38-50)41-15-6-2-7-16-41)54-35-29-45(30-36-54)51-24-12-21-48(39-51)42-17-8-3-9-18-42;3*1-2-4-6-5-3-1;/h1-2,4-39H;3*1-5H;. The predicted octanol–water partition coefficient (Wildman–Crippen LogP) is 16.5. The Bertz CT molecular complexity index is 3540. The monoisotopic (exact) mass is 1050 g/mol. The van der Waals surface area contributed by atoms with Gasteiger partial charge in [0, 0.05) is 11.4 Å². The van der Waals surface area contributed by atoms with Crippen LogP contribution >= 0.6 is 0 Å². The molecule has 0 atom stereocenters. The molecule has 0 amide bonds. The van der Waals surface area contributed by atoms with Crippen molar-refractivity contribution >= 4 is 49.8 Å². The van der Waals surface area contributed by atoms with Crippen molar-refractivity contribution in [3.63, 3.8) is 0 Å². The zero-order valence-electron chi connectivity index (χ0n) is 41.0. The first-order valence-electron chi connectivity index (χ1n) is 25.5. The summed E-state index contributed by atoms with van der Waals surface area (Å²) in [6, 6.07) is 118. The maximum absolute atomic E-state index is 3.71. The first-order chi connectivity index (χ1) is 36.7. The van der Waals surface area contributed by atoms with Gasteiger partial charge in [-0.05, 0) is 80.9 Å². The minimum Gasteiger partial charge on any atom is -0.0617 e. The second-order valence-corrected chi connectivity index (χ2v) is 29.7. The Kier molecular flexibility index (Phi) is 13.2. The van der Waals surface area contributed by atoms with Crippen molar-refractivity contribution in [1.29, 1.82) is 0 Å². The van der Waals surface area contributed by atoms with E-state index in [1.807, 2.05) is 0 Å². The molecule has 0 aliphatic heterocycles. The van der Waals surface area contributed by atoms with Crippen LogP contribution in [0.3, 0.4) is 0 Å². The molecule has 1 nitrogen and oxygen atoms in total. The van der Waals surface area contributed by atoms with E-state index in [0.717, 1.165) is 17.1 Å². The van der Waals surface area contributed by atoms with Gasteiger partial charge in [0.25, 0.3) is 0 Å². The van der Waals surface area contributed by atoms with Crippen LogP contribution in [0.2, 0.25) is 0 Å². The summed E-state index contributed by atoms with van der Waals surface area (Å²) in [4.78, 5) is 2.36. The van der Waals surface area contributed by atoms with Crippen molar-refractivity contribution in [3.05, 3.63) is 322 Å². The molecule has 0 aliphatic carbocycles. The van der Waals surface area contributed by atoms with Crippen LogP contribution in [0.25, 0.3) is 66.8 Å². The molecular formula is C72H53NSn. The van der Waals surface area contributed by atoms with Crippen molar-refractivity contribution in [2.75, 3.05) is 4.90 Å². The number of anilines is 3. The topological polar surface area (TPSA) is 3.24 Å². The molecule has 0 saturated heterocycles. The Hall–Kier alpha value is -8.76. The van der Waals surface area contributed by atoms with Gasteiger partial charge in [-0.15, -0.1) is 0 Å². The molecule has 2 heteroatoms. The van der Waals surface area contributed by atoms with Crippen LogP contribution in [0.1, 0.15) is 0 Å². The molecule has 0 radical (unpaired) electrons. The fourth-order valence-corrected chi connectivity index (χ4v) is 24.3. The summed E-state index contributed by atoms with van der Waals surface area (Å²) in [7, 11) is 0. The van der Waals surface area contributed by atoms with Crippen LogP contribution in [0.5, 0.6) is 0 Å². The average Bonchev–Trinajstić information content (AvgIpc) is 3.49. The van der Waals surface area contributed by atoms with Gasteiger partial charge in [-0.1, -0.05) is 121 Å². The van der Waals surface area contributed by atoms with E-state index < -0.39 is 18.4 Å². The Morgan fingerprint density at radius 2 is 0.365 bits per heavy atom. The number of benzene rings is 12. The van der Waals surface area contributed by atoms with E-state index in [1.54, 1.807) is 0 Å². The predicted molar refractivity (Wildman–Crippen MR) is 317 cm³/mol. The largest absolute Gasteiger partial charge is 0.0617 e. The summed E-state index contributed by atoms with van der Waals surface area (Å²) < 4.78 is 5.76. The van der Waals surface area contributed by atoms with Gasteiger partial charge in [0.1, 0.15) is 0 Å². The normalized spacial score (nSPS) is 11.2. The van der Waals surface area contributed by atoms with E-state index in [4.69, 9.17) is 0 Å². The Morgan fingerprint density at radius 1 is 0.162 bits per heavy atom. The van der Waals surface area contributed by atoms with Gasteiger partial charge in [0.05, 0.1) is 0 Å². The van der Waals surface area contributed by atoms with E-state index in [2.05, 4.69) is 326 Å². The molecule has 0 saturated carbocycles. The van der Waals surface area contributed by atoms with E-state index in [9.17, 15) is 0 Å². The first-order valence-corrected chi connectivity index (χ1v) is 31.2. The Morgan fingerprint density at radius 3 is 0.635 bits per heavy atom. The maximum Gasteiger partial charge on any atom is -0.0374 e. The number of rotatable bonds is 13. The summed E-state index contributed by atoms with van der Waals surface area (Å²) in [6.07, 6.45) is 0. The molecule has 0 aliphatic rings. The van der Waals surface area contributed by atoms with Gasteiger partial charge in [-0.2, -0.15) is 0 Å². The molecule has 12 aromatic rings. The van der Waals surface area contributed by atoms with Gasteiger partial charge in [0.15, 0.2) is 0 Å². The summed E-state index contributed by atoms with van der Waals surface area (Å²) in [5, 5.41) is 0. The van der Waals surface area contributed by atoms with Crippen molar-refractivity contribution in [1.82, 2.24) is 0 Å². The van der Waals surface area contributed by atoms with Crippen LogP contribution in [-0.2, 0) is 0 Å². The van der Waals surface area contributed by atoms with Crippen molar-refractivity contribution < 1.29 is 0 Å². The van der Waals surface area contributed by atoms with Crippen LogP contribution in [0.15, 0.2) is 322 Å².